The molecular formula is C13H17N3O3. The van der Waals surface area contributed by atoms with Gasteiger partial charge in [-0.3, -0.25) is 4.79 Å². The second-order valence-electron chi connectivity index (χ2n) is 4.41. The summed E-state index contributed by atoms with van der Waals surface area (Å²) in [5.41, 5.74) is 6.55. The van der Waals surface area contributed by atoms with Gasteiger partial charge in [-0.15, -0.1) is 0 Å². The number of nitrogens with one attached hydrogen (secondary N) is 1. The van der Waals surface area contributed by atoms with Crippen LogP contribution in [0.15, 0.2) is 29.4 Å². The third-order valence-corrected chi connectivity index (χ3v) is 3.06. The molecule has 6 nitrogen and oxygen atoms in total. The number of nitrogens with zero attached hydrogens (tertiary/aromatic N) is 1. The van der Waals surface area contributed by atoms with Gasteiger partial charge in [-0.1, -0.05) is 17.3 Å². The maximum atomic E-state index is 11.9. The lowest BCUT2D eigenvalue weighted by molar-refractivity contribution is 0.0858. The molecule has 1 aromatic rings. The second kappa shape index (κ2) is 6.19. The molecule has 0 radical (unpaired) electrons. The predicted octanol–water partition coefficient (Wildman–Crippen LogP) is 0.690. The van der Waals surface area contributed by atoms with Gasteiger partial charge in [0.1, 0.15) is 0 Å². The summed E-state index contributed by atoms with van der Waals surface area (Å²) >= 11 is 0. The minimum Gasteiger partial charge on any atom is -0.409 e. The van der Waals surface area contributed by atoms with Crippen molar-refractivity contribution in [2.45, 2.75) is 18.9 Å². The standard InChI is InChI=1S/C13H17N3O3/c14-12(16-18)9-3-5-10(6-4-9)13(17)15-8-11-2-1-7-19-11/h3-6,11,18H,1-2,7-8H2,(H2,14,16)(H,15,17). The molecule has 0 spiro atoms. The van der Waals surface area contributed by atoms with Crippen LogP contribution in [0.5, 0.6) is 0 Å². The van der Waals surface area contributed by atoms with Crippen LogP contribution in [0.4, 0.5) is 0 Å². The SMILES string of the molecule is NC(=NO)c1ccc(C(=O)NCC2CCCO2)cc1. The molecule has 1 aliphatic heterocycles. The lowest BCUT2D eigenvalue weighted by Crippen LogP contribution is -2.31. The third-order valence-electron chi connectivity index (χ3n) is 3.06. The van der Waals surface area contributed by atoms with E-state index in [1.165, 1.54) is 0 Å². The van der Waals surface area contributed by atoms with E-state index < -0.39 is 0 Å². The number of oxime groups is 1. The zero-order valence-electron chi connectivity index (χ0n) is 10.5. The van der Waals surface area contributed by atoms with Crippen molar-refractivity contribution in [3.8, 4) is 0 Å². The first-order valence-electron chi connectivity index (χ1n) is 6.18. The van der Waals surface area contributed by atoms with Gasteiger partial charge in [0.25, 0.3) is 5.91 Å². The predicted molar refractivity (Wildman–Crippen MR) is 70.3 cm³/mol. The smallest absolute Gasteiger partial charge is 0.251 e. The highest BCUT2D eigenvalue weighted by Gasteiger charge is 2.16. The number of amidine groups is 1. The molecule has 1 fully saturated rings. The number of hydrogen-bond acceptors (Lipinski definition) is 4. The molecule has 0 aromatic heterocycles. The molecule has 1 amide bonds. The number of carbonyl (C=O) groups is 1. The maximum Gasteiger partial charge on any atom is 0.251 e. The maximum absolute atomic E-state index is 11.9. The fourth-order valence-corrected chi connectivity index (χ4v) is 1.96. The zero-order chi connectivity index (χ0) is 13.7. The lowest BCUT2D eigenvalue weighted by Gasteiger charge is -2.10. The van der Waals surface area contributed by atoms with Crippen LogP contribution in [0, 0.1) is 0 Å². The van der Waals surface area contributed by atoms with Gasteiger partial charge in [0, 0.05) is 24.3 Å². The van der Waals surface area contributed by atoms with Crippen molar-refractivity contribution in [1.29, 1.82) is 0 Å². The van der Waals surface area contributed by atoms with Crippen molar-refractivity contribution in [3.63, 3.8) is 0 Å². The largest absolute Gasteiger partial charge is 0.409 e. The Hall–Kier alpha value is -2.08. The Bertz CT molecular complexity index is 465. The first-order valence-corrected chi connectivity index (χ1v) is 6.18. The van der Waals surface area contributed by atoms with Crippen molar-refractivity contribution in [2.75, 3.05) is 13.2 Å². The summed E-state index contributed by atoms with van der Waals surface area (Å²) in [5.74, 6) is -0.132. The van der Waals surface area contributed by atoms with E-state index in [2.05, 4.69) is 10.5 Å². The number of ether oxygens (including phenoxy) is 1. The average Bonchev–Trinajstić information content (AvgIpc) is 2.97. The molecule has 1 unspecified atom stereocenters. The van der Waals surface area contributed by atoms with Crippen LogP contribution < -0.4 is 11.1 Å². The summed E-state index contributed by atoms with van der Waals surface area (Å²) in [6.07, 6.45) is 2.16. The minimum atomic E-state index is -0.151. The Labute approximate surface area is 111 Å². The van der Waals surface area contributed by atoms with Crippen molar-refractivity contribution in [1.82, 2.24) is 5.32 Å². The van der Waals surface area contributed by atoms with E-state index in [9.17, 15) is 4.79 Å². The Morgan fingerprint density at radius 2 is 2.11 bits per heavy atom. The Morgan fingerprint density at radius 3 is 2.68 bits per heavy atom. The Balaban J connectivity index is 1.91. The van der Waals surface area contributed by atoms with Crippen molar-refractivity contribution >= 4 is 11.7 Å². The number of rotatable bonds is 4. The van der Waals surface area contributed by atoms with E-state index in [-0.39, 0.29) is 17.8 Å². The fourth-order valence-electron chi connectivity index (χ4n) is 1.96. The van der Waals surface area contributed by atoms with Crippen molar-refractivity contribution < 1.29 is 14.7 Å². The lowest BCUT2D eigenvalue weighted by atomic mass is 10.1. The van der Waals surface area contributed by atoms with Crippen molar-refractivity contribution in [2.24, 2.45) is 10.9 Å². The van der Waals surface area contributed by atoms with Gasteiger partial charge in [0.05, 0.1) is 6.10 Å². The van der Waals surface area contributed by atoms with E-state index in [4.69, 9.17) is 15.7 Å². The van der Waals surface area contributed by atoms with Gasteiger partial charge in [-0.2, -0.15) is 0 Å². The summed E-state index contributed by atoms with van der Waals surface area (Å²) in [5, 5.41) is 14.3. The molecule has 0 saturated carbocycles. The van der Waals surface area contributed by atoms with Gasteiger partial charge >= 0.3 is 0 Å². The highest BCUT2D eigenvalue weighted by atomic mass is 16.5. The minimum absolute atomic E-state index is 0.0197. The van der Waals surface area contributed by atoms with Gasteiger partial charge in [-0.25, -0.2) is 0 Å². The van der Waals surface area contributed by atoms with Crippen LogP contribution in [0.2, 0.25) is 0 Å². The first-order chi connectivity index (χ1) is 9.20. The average molecular weight is 263 g/mol. The van der Waals surface area contributed by atoms with E-state index in [0.717, 1.165) is 19.4 Å². The van der Waals surface area contributed by atoms with Crippen LogP contribution in [0.25, 0.3) is 0 Å². The van der Waals surface area contributed by atoms with Crippen LogP contribution in [-0.4, -0.2) is 36.2 Å². The molecule has 6 heteroatoms. The Morgan fingerprint density at radius 1 is 1.42 bits per heavy atom. The second-order valence-corrected chi connectivity index (χ2v) is 4.41. The van der Waals surface area contributed by atoms with E-state index in [0.29, 0.717) is 17.7 Å². The van der Waals surface area contributed by atoms with E-state index in [1.807, 2.05) is 0 Å². The molecule has 1 aliphatic rings. The van der Waals surface area contributed by atoms with Gasteiger partial charge in [-0.05, 0) is 25.0 Å². The summed E-state index contributed by atoms with van der Waals surface area (Å²) < 4.78 is 5.43. The molecule has 1 saturated heterocycles. The topological polar surface area (TPSA) is 96.9 Å². The van der Waals surface area contributed by atoms with Crippen LogP contribution >= 0.6 is 0 Å². The van der Waals surface area contributed by atoms with E-state index >= 15 is 0 Å². The molecule has 0 aliphatic carbocycles. The molecule has 0 bridgehead atoms. The van der Waals surface area contributed by atoms with Crippen LogP contribution in [-0.2, 0) is 4.74 Å². The van der Waals surface area contributed by atoms with Crippen LogP contribution in [0.1, 0.15) is 28.8 Å². The molecular weight excluding hydrogens is 246 g/mol. The highest BCUT2D eigenvalue weighted by molar-refractivity contribution is 5.99. The number of hydrogen-bond donors (Lipinski definition) is 3. The Kier molecular flexibility index (Phi) is 4.35. The van der Waals surface area contributed by atoms with Gasteiger partial charge in [0.2, 0.25) is 0 Å². The molecule has 1 heterocycles. The summed E-state index contributed by atoms with van der Waals surface area (Å²) in [6.45, 7) is 1.30. The highest BCUT2D eigenvalue weighted by Crippen LogP contribution is 2.11. The first kappa shape index (κ1) is 13.4. The number of nitrogens with two attached hydrogens (primary N) is 1. The number of benzene rings is 1. The molecule has 1 atom stereocenters. The fraction of sp³-hybridized carbons (Fsp3) is 0.385. The summed E-state index contributed by atoms with van der Waals surface area (Å²) in [7, 11) is 0. The van der Waals surface area contributed by atoms with Crippen LogP contribution in [0.3, 0.4) is 0 Å². The van der Waals surface area contributed by atoms with Gasteiger partial charge in [0.15, 0.2) is 5.84 Å². The zero-order valence-corrected chi connectivity index (χ0v) is 10.5. The molecule has 1 aromatic carbocycles. The van der Waals surface area contributed by atoms with Crippen molar-refractivity contribution in [3.05, 3.63) is 35.4 Å². The van der Waals surface area contributed by atoms with Gasteiger partial charge < -0.3 is 21.0 Å². The quantitative estimate of drug-likeness (QED) is 0.322. The third kappa shape index (κ3) is 3.45. The summed E-state index contributed by atoms with van der Waals surface area (Å²) in [4.78, 5) is 11.9. The monoisotopic (exact) mass is 263 g/mol. The molecule has 2 rings (SSSR count). The number of amides is 1. The number of carbonyl (C=O) groups excluding carboxylic acids is 1. The summed E-state index contributed by atoms with van der Waals surface area (Å²) in [6, 6.07) is 6.54. The van der Waals surface area contributed by atoms with E-state index in [1.54, 1.807) is 24.3 Å². The molecule has 19 heavy (non-hydrogen) atoms. The molecule has 102 valence electrons. The normalized spacial score (nSPS) is 19.4. The molecule has 4 N–H and O–H groups in total.